The number of pyridine rings is 1. The molecule has 0 aliphatic heterocycles. The number of benzene rings is 1. The molecule has 1 N–H and O–H groups in total. The highest BCUT2D eigenvalue weighted by atomic mass is 35.5. The van der Waals surface area contributed by atoms with E-state index in [1.54, 1.807) is 0 Å². The molecule has 1 aliphatic carbocycles. The minimum absolute atomic E-state index is 0.549. The summed E-state index contributed by atoms with van der Waals surface area (Å²) in [6.07, 6.45) is 4.18. The number of anilines is 1. The van der Waals surface area contributed by atoms with Gasteiger partial charge in [0.2, 0.25) is 0 Å². The first-order valence-electron chi connectivity index (χ1n) is 6.66. The summed E-state index contributed by atoms with van der Waals surface area (Å²) < 4.78 is 0. The Kier molecular flexibility index (Phi) is 3.43. The van der Waals surface area contributed by atoms with Crippen LogP contribution in [-0.4, -0.2) is 11.0 Å². The van der Waals surface area contributed by atoms with E-state index in [9.17, 15) is 0 Å². The van der Waals surface area contributed by atoms with Crippen LogP contribution >= 0.6 is 11.6 Å². The monoisotopic (exact) mass is 272 g/mol. The lowest BCUT2D eigenvalue weighted by Gasteiger charge is -2.36. The number of nitrogens with zero attached hydrogens (tertiary/aromatic N) is 1. The normalized spacial score (nSPS) is 21.8. The zero-order chi connectivity index (χ0) is 13.2. The largest absolute Gasteiger partial charge is 0.381 e. The van der Waals surface area contributed by atoms with E-state index >= 15 is 0 Å². The fourth-order valence-electron chi connectivity index (χ4n) is 2.61. The zero-order valence-corrected chi connectivity index (χ0v) is 11.7. The number of halogens is 1. The van der Waals surface area contributed by atoms with Crippen molar-refractivity contribution in [1.29, 1.82) is 0 Å². The van der Waals surface area contributed by atoms with Gasteiger partial charge in [-0.05, 0) is 42.9 Å². The van der Waals surface area contributed by atoms with Gasteiger partial charge in [-0.3, -0.25) is 0 Å². The van der Waals surface area contributed by atoms with Crippen LogP contribution in [0.2, 0.25) is 5.15 Å². The molecule has 3 rings (SSSR count). The van der Waals surface area contributed by atoms with Gasteiger partial charge in [-0.2, -0.15) is 0 Å². The second-order valence-electron chi connectivity index (χ2n) is 5.25. The second kappa shape index (κ2) is 5.22. The van der Waals surface area contributed by atoms with Crippen LogP contribution in [0.25, 0.3) is 0 Å². The summed E-state index contributed by atoms with van der Waals surface area (Å²) in [5, 5.41) is 4.11. The summed E-state index contributed by atoms with van der Waals surface area (Å²) in [6.45, 7) is 1.98. The Hall–Kier alpha value is -1.54. The van der Waals surface area contributed by atoms with Crippen LogP contribution < -0.4 is 5.32 Å². The maximum atomic E-state index is 5.93. The van der Waals surface area contributed by atoms with Crippen LogP contribution in [0.1, 0.15) is 29.9 Å². The average Bonchev–Trinajstić information content (AvgIpc) is 2.38. The molecular formula is C16H17ClN2. The topological polar surface area (TPSA) is 24.9 Å². The van der Waals surface area contributed by atoms with Crippen LogP contribution in [0.15, 0.2) is 42.6 Å². The maximum Gasteiger partial charge on any atom is 0.132 e. The van der Waals surface area contributed by atoms with Gasteiger partial charge in [0, 0.05) is 6.04 Å². The van der Waals surface area contributed by atoms with Gasteiger partial charge in [-0.15, -0.1) is 0 Å². The van der Waals surface area contributed by atoms with E-state index < -0.39 is 0 Å². The number of hydrogen-bond donors (Lipinski definition) is 1. The molecule has 98 valence electrons. The molecule has 0 radical (unpaired) electrons. The number of aromatic nitrogens is 1. The Morgan fingerprint density at radius 2 is 1.95 bits per heavy atom. The Balaban J connectivity index is 1.58. The standard InChI is InChI=1S/C16H17ClN2/c1-11-7-15(10-18-16(11)17)19-14-8-13(9-14)12-5-3-2-4-6-12/h2-7,10,13-14,19H,8-9H2,1H3. The van der Waals surface area contributed by atoms with Gasteiger partial charge in [0.25, 0.3) is 0 Å². The minimum Gasteiger partial charge on any atom is -0.381 e. The van der Waals surface area contributed by atoms with Gasteiger partial charge in [0.1, 0.15) is 5.15 Å². The van der Waals surface area contributed by atoms with Crippen LogP contribution in [0.5, 0.6) is 0 Å². The lowest BCUT2D eigenvalue weighted by Crippen LogP contribution is -2.34. The second-order valence-corrected chi connectivity index (χ2v) is 5.61. The molecule has 19 heavy (non-hydrogen) atoms. The fourth-order valence-corrected chi connectivity index (χ4v) is 2.71. The smallest absolute Gasteiger partial charge is 0.132 e. The van der Waals surface area contributed by atoms with Gasteiger partial charge >= 0.3 is 0 Å². The third-order valence-electron chi connectivity index (χ3n) is 3.79. The third kappa shape index (κ3) is 2.74. The molecule has 0 atom stereocenters. The lowest BCUT2D eigenvalue weighted by atomic mass is 9.76. The van der Waals surface area contributed by atoms with Crippen molar-refractivity contribution in [2.45, 2.75) is 31.7 Å². The fraction of sp³-hybridized carbons (Fsp3) is 0.312. The van der Waals surface area contributed by atoms with E-state index in [1.807, 2.05) is 13.1 Å². The molecule has 3 heteroatoms. The van der Waals surface area contributed by atoms with Crippen molar-refractivity contribution in [1.82, 2.24) is 4.98 Å². The molecule has 0 bridgehead atoms. The lowest BCUT2D eigenvalue weighted by molar-refractivity contribution is 0.374. The third-order valence-corrected chi connectivity index (χ3v) is 4.19. The van der Waals surface area contributed by atoms with E-state index in [0.29, 0.717) is 17.1 Å². The van der Waals surface area contributed by atoms with Gasteiger partial charge in [0.15, 0.2) is 0 Å². The van der Waals surface area contributed by atoms with Crippen LogP contribution in [0.4, 0.5) is 5.69 Å². The summed E-state index contributed by atoms with van der Waals surface area (Å²) >= 11 is 5.93. The molecule has 2 nitrogen and oxygen atoms in total. The van der Waals surface area contributed by atoms with Gasteiger partial charge in [-0.25, -0.2) is 4.98 Å². The molecular weight excluding hydrogens is 256 g/mol. The van der Waals surface area contributed by atoms with Crippen LogP contribution in [0.3, 0.4) is 0 Å². The van der Waals surface area contributed by atoms with Gasteiger partial charge < -0.3 is 5.32 Å². The highest BCUT2D eigenvalue weighted by Crippen LogP contribution is 2.38. The van der Waals surface area contributed by atoms with E-state index in [-0.39, 0.29) is 0 Å². The Labute approximate surface area is 118 Å². The van der Waals surface area contributed by atoms with Gasteiger partial charge in [0.05, 0.1) is 11.9 Å². The molecule has 1 aromatic carbocycles. The van der Waals surface area contributed by atoms with Crippen molar-refractivity contribution in [2.75, 3.05) is 5.32 Å². The van der Waals surface area contributed by atoms with E-state index in [0.717, 1.165) is 11.3 Å². The molecule has 1 aromatic heterocycles. The highest BCUT2D eigenvalue weighted by Gasteiger charge is 2.29. The first-order chi connectivity index (χ1) is 9.22. The first kappa shape index (κ1) is 12.5. The number of aryl methyl sites for hydroxylation is 1. The molecule has 1 heterocycles. The molecule has 1 saturated carbocycles. The van der Waals surface area contributed by atoms with Crippen molar-refractivity contribution in [3.05, 3.63) is 58.9 Å². The Morgan fingerprint density at radius 1 is 1.21 bits per heavy atom. The van der Waals surface area contributed by atoms with Crippen LogP contribution in [-0.2, 0) is 0 Å². The number of rotatable bonds is 3. The first-order valence-corrected chi connectivity index (χ1v) is 7.04. The number of nitrogens with one attached hydrogen (secondary N) is 1. The summed E-state index contributed by atoms with van der Waals surface area (Å²) in [7, 11) is 0. The number of hydrogen-bond acceptors (Lipinski definition) is 2. The molecule has 0 amide bonds. The Bertz CT molecular complexity index is 562. The molecule has 0 saturated heterocycles. The molecule has 0 spiro atoms. The molecule has 1 aliphatic rings. The van der Waals surface area contributed by atoms with Crippen molar-refractivity contribution in [3.8, 4) is 0 Å². The summed E-state index contributed by atoms with van der Waals surface area (Å²) in [5.41, 5.74) is 3.54. The zero-order valence-electron chi connectivity index (χ0n) is 10.9. The maximum absolute atomic E-state index is 5.93. The quantitative estimate of drug-likeness (QED) is 0.838. The van der Waals surface area contributed by atoms with Crippen molar-refractivity contribution in [3.63, 3.8) is 0 Å². The Morgan fingerprint density at radius 3 is 2.63 bits per heavy atom. The van der Waals surface area contributed by atoms with Crippen molar-refractivity contribution in [2.24, 2.45) is 0 Å². The van der Waals surface area contributed by atoms with Gasteiger partial charge in [-0.1, -0.05) is 41.9 Å². The van der Waals surface area contributed by atoms with E-state index in [4.69, 9.17) is 11.6 Å². The molecule has 1 fully saturated rings. The molecule has 0 unspecified atom stereocenters. The summed E-state index contributed by atoms with van der Waals surface area (Å²) in [4.78, 5) is 4.17. The van der Waals surface area contributed by atoms with Crippen molar-refractivity contribution < 1.29 is 0 Å². The SMILES string of the molecule is Cc1cc(NC2CC(c3ccccc3)C2)cnc1Cl. The summed E-state index contributed by atoms with van der Waals surface area (Å²) in [6, 6.07) is 13.3. The highest BCUT2D eigenvalue weighted by molar-refractivity contribution is 6.30. The minimum atomic E-state index is 0.549. The van der Waals surface area contributed by atoms with E-state index in [1.165, 1.54) is 18.4 Å². The van der Waals surface area contributed by atoms with E-state index in [2.05, 4.69) is 46.7 Å². The van der Waals surface area contributed by atoms with Crippen LogP contribution in [0, 0.1) is 6.92 Å². The predicted octanol–water partition coefficient (Wildman–Crippen LogP) is 4.40. The summed E-state index contributed by atoms with van der Waals surface area (Å²) in [5.74, 6) is 0.694. The predicted molar refractivity (Wildman–Crippen MR) is 79.8 cm³/mol. The molecule has 2 aromatic rings. The average molecular weight is 273 g/mol. The van der Waals surface area contributed by atoms with Crippen molar-refractivity contribution >= 4 is 17.3 Å².